The lowest BCUT2D eigenvalue weighted by Gasteiger charge is -2.12. The molecule has 0 radical (unpaired) electrons. The Morgan fingerprint density at radius 3 is 1.97 bits per heavy atom. The highest BCUT2D eigenvalue weighted by molar-refractivity contribution is 5.91. The van der Waals surface area contributed by atoms with Crippen LogP contribution in [0.1, 0.15) is 68.5 Å². The highest BCUT2D eigenvalue weighted by Gasteiger charge is 2.10. The normalized spacial score (nSPS) is 11.7. The van der Waals surface area contributed by atoms with E-state index in [9.17, 15) is 4.79 Å². The molecule has 0 aliphatic heterocycles. The number of esters is 1. The molecule has 0 aliphatic rings. The summed E-state index contributed by atoms with van der Waals surface area (Å²) in [5.74, 6) is 1.03. The van der Waals surface area contributed by atoms with Crippen LogP contribution in [0, 0.1) is 0 Å². The standard InChI is InChI=1S/C29H34O4/c1-4-6-7-8-21-32-27-17-15-25(16-18-27)24-9-11-26(12-10-24)29(30)33-28-19-13-23(14-20-28)22(3)31-5-2/h9-20,22H,4-8,21H2,1-3H3. The van der Waals surface area contributed by atoms with Gasteiger partial charge in [-0.15, -0.1) is 0 Å². The molecule has 0 bridgehead atoms. The van der Waals surface area contributed by atoms with Crippen LogP contribution in [0.15, 0.2) is 72.8 Å². The van der Waals surface area contributed by atoms with E-state index in [4.69, 9.17) is 14.2 Å². The molecule has 174 valence electrons. The topological polar surface area (TPSA) is 44.8 Å². The van der Waals surface area contributed by atoms with Gasteiger partial charge in [-0.25, -0.2) is 4.79 Å². The van der Waals surface area contributed by atoms with E-state index in [0.29, 0.717) is 17.9 Å². The van der Waals surface area contributed by atoms with Crippen LogP contribution in [0.5, 0.6) is 11.5 Å². The van der Waals surface area contributed by atoms with E-state index in [0.717, 1.165) is 35.5 Å². The smallest absolute Gasteiger partial charge is 0.343 e. The highest BCUT2D eigenvalue weighted by atomic mass is 16.5. The number of hydrogen-bond acceptors (Lipinski definition) is 4. The lowest BCUT2D eigenvalue weighted by Crippen LogP contribution is -2.08. The Hall–Kier alpha value is -3.11. The Morgan fingerprint density at radius 1 is 0.758 bits per heavy atom. The van der Waals surface area contributed by atoms with Gasteiger partial charge in [0.15, 0.2) is 0 Å². The van der Waals surface area contributed by atoms with Crippen LogP contribution in [0.2, 0.25) is 0 Å². The first-order chi connectivity index (χ1) is 16.1. The Balaban J connectivity index is 1.54. The second-order valence-corrected chi connectivity index (χ2v) is 8.07. The van der Waals surface area contributed by atoms with Gasteiger partial charge in [0, 0.05) is 6.61 Å². The third-order valence-electron chi connectivity index (χ3n) is 5.55. The van der Waals surface area contributed by atoms with E-state index in [-0.39, 0.29) is 12.1 Å². The molecule has 0 fully saturated rings. The Kier molecular flexibility index (Phi) is 9.52. The van der Waals surface area contributed by atoms with Crippen molar-refractivity contribution < 1.29 is 19.0 Å². The van der Waals surface area contributed by atoms with E-state index in [1.54, 1.807) is 24.3 Å². The summed E-state index contributed by atoms with van der Waals surface area (Å²) in [6.45, 7) is 7.59. The van der Waals surface area contributed by atoms with Gasteiger partial charge in [0.25, 0.3) is 0 Å². The summed E-state index contributed by atoms with van der Waals surface area (Å²) in [5.41, 5.74) is 3.68. The van der Waals surface area contributed by atoms with Crippen molar-refractivity contribution in [1.82, 2.24) is 0 Å². The molecule has 0 spiro atoms. The van der Waals surface area contributed by atoms with Crippen LogP contribution in [0.3, 0.4) is 0 Å². The number of carbonyl (C=O) groups excluding carboxylic acids is 1. The van der Waals surface area contributed by atoms with E-state index < -0.39 is 0 Å². The number of hydrogen-bond donors (Lipinski definition) is 0. The summed E-state index contributed by atoms with van der Waals surface area (Å²) in [6, 6.07) is 23.0. The van der Waals surface area contributed by atoms with Crippen molar-refractivity contribution in [3.05, 3.63) is 83.9 Å². The molecule has 1 atom stereocenters. The van der Waals surface area contributed by atoms with Crippen molar-refractivity contribution in [3.8, 4) is 22.6 Å². The molecule has 0 aliphatic carbocycles. The molecule has 3 aromatic carbocycles. The predicted molar refractivity (Wildman–Crippen MR) is 133 cm³/mol. The van der Waals surface area contributed by atoms with Gasteiger partial charge in [-0.1, -0.05) is 62.6 Å². The van der Waals surface area contributed by atoms with Crippen molar-refractivity contribution in [1.29, 1.82) is 0 Å². The van der Waals surface area contributed by atoms with E-state index in [1.165, 1.54) is 19.3 Å². The van der Waals surface area contributed by atoms with Gasteiger partial charge < -0.3 is 14.2 Å². The fraction of sp³-hybridized carbons (Fsp3) is 0.345. The van der Waals surface area contributed by atoms with Gasteiger partial charge in [0.05, 0.1) is 18.3 Å². The van der Waals surface area contributed by atoms with Gasteiger partial charge in [0.1, 0.15) is 11.5 Å². The van der Waals surface area contributed by atoms with Crippen molar-refractivity contribution in [2.45, 2.75) is 52.6 Å². The summed E-state index contributed by atoms with van der Waals surface area (Å²) in [7, 11) is 0. The second-order valence-electron chi connectivity index (χ2n) is 8.07. The number of unbranched alkanes of at least 4 members (excludes halogenated alkanes) is 3. The van der Waals surface area contributed by atoms with Crippen molar-refractivity contribution >= 4 is 5.97 Å². The molecule has 0 amide bonds. The van der Waals surface area contributed by atoms with Crippen LogP contribution in [-0.2, 0) is 4.74 Å². The van der Waals surface area contributed by atoms with Gasteiger partial charge in [-0.3, -0.25) is 0 Å². The average Bonchev–Trinajstić information content (AvgIpc) is 2.85. The van der Waals surface area contributed by atoms with Crippen molar-refractivity contribution in [2.75, 3.05) is 13.2 Å². The lowest BCUT2D eigenvalue weighted by atomic mass is 10.0. The zero-order chi connectivity index (χ0) is 23.5. The maximum absolute atomic E-state index is 12.5. The summed E-state index contributed by atoms with van der Waals surface area (Å²) in [6.07, 6.45) is 4.79. The molecule has 3 aromatic rings. The quantitative estimate of drug-likeness (QED) is 0.163. The highest BCUT2D eigenvalue weighted by Crippen LogP contribution is 2.24. The van der Waals surface area contributed by atoms with Crippen LogP contribution < -0.4 is 9.47 Å². The number of benzene rings is 3. The Morgan fingerprint density at radius 2 is 1.36 bits per heavy atom. The molecule has 0 saturated carbocycles. The number of ether oxygens (including phenoxy) is 3. The average molecular weight is 447 g/mol. The van der Waals surface area contributed by atoms with Crippen molar-refractivity contribution in [2.24, 2.45) is 0 Å². The molecule has 0 heterocycles. The molecule has 0 N–H and O–H groups in total. The van der Waals surface area contributed by atoms with Crippen LogP contribution in [0.4, 0.5) is 0 Å². The fourth-order valence-corrected chi connectivity index (χ4v) is 3.58. The summed E-state index contributed by atoms with van der Waals surface area (Å²) in [5, 5.41) is 0. The van der Waals surface area contributed by atoms with E-state index >= 15 is 0 Å². The first-order valence-electron chi connectivity index (χ1n) is 11.9. The molecule has 3 rings (SSSR count). The van der Waals surface area contributed by atoms with Gasteiger partial charge in [0.2, 0.25) is 0 Å². The Bertz CT molecular complexity index is 976. The number of carbonyl (C=O) groups is 1. The van der Waals surface area contributed by atoms with Gasteiger partial charge >= 0.3 is 5.97 Å². The molecule has 33 heavy (non-hydrogen) atoms. The second kappa shape index (κ2) is 12.8. The first kappa shape index (κ1) is 24.5. The van der Waals surface area contributed by atoms with Crippen molar-refractivity contribution in [3.63, 3.8) is 0 Å². The van der Waals surface area contributed by atoms with E-state index in [1.807, 2.05) is 62.4 Å². The summed E-state index contributed by atoms with van der Waals surface area (Å²) >= 11 is 0. The maximum Gasteiger partial charge on any atom is 0.343 e. The lowest BCUT2D eigenvalue weighted by molar-refractivity contribution is 0.0733. The maximum atomic E-state index is 12.5. The fourth-order valence-electron chi connectivity index (χ4n) is 3.58. The van der Waals surface area contributed by atoms with Crippen LogP contribution in [-0.4, -0.2) is 19.2 Å². The minimum Gasteiger partial charge on any atom is -0.494 e. The monoisotopic (exact) mass is 446 g/mol. The third-order valence-corrected chi connectivity index (χ3v) is 5.55. The third kappa shape index (κ3) is 7.47. The zero-order valence-electron chi connectivity index (χ0n) is 19.9. The largest absolute Gasteiger partial charge is 0.494 e. The van der Waals surface area contributed by atoms with Crippen LogP contribution >= 0.6 is 0 Å². The molecular weight excluding hydrogens is 412 g/mol. The molecule has 4 heteroatoms. The molecular formula is C29H34O4. The molecule has 0 saturated heterocycles. The SMILES string of the molecule is CCCCCCOc1ccc(-c2ccc(C(=O)Oc3ccc(C(C)OCC)cc3)cc2)cc1. The first-order valence-corrected chi connectivity index (χ1v) is 11.9. The molecule has 0 aromatic heterocycles. The minimum atomic E-state index is -0.376. The van der Waals surface area contributed by atoms with E-state index in [2.05, 4.69) is 6.92 Å². The summed E-state index contributed by atoms with van der Waals surface area (Å²) in [4.78, 5) is 12.5. The minimum absolute atomic E-state index is 0.0127. The zero-order valence-corrected chi connectivity index (χ0v) is 19.9. The molecule has 1 unspecified atom stereocenters. The van der Waals surface area contributed by atoms with Crippen LogP contribution in [0.25, 0.3) is 11.1 Å². The molecule has 4 nitrogen and oxygen atoms in total. The van der Waals surface area contributed by atoms with Gasteiger partial charge in [-0.2, -0.15) is 0 Å². The number of rotatable bonds is 12. The predicted octanol–water partition coefficient (Wildman–Crippen LogP) is 7.63. The summed E-state index contributed by atoms with van der Waals surface area (Å²) < 4.78 is 16.9. The Labute approximate surface area is 197 Å². The van der Waals surface area contributed by atoms with Gasteiger partial charge in [-0.05, 0) is 73.4 Å².